The number of pyridine rings is 1. The van der Waals surface area contributed by atoms with Crippen LogP contribution in [0.3, 0.4) is 0 Å². The Bertz CT molecular complexity index is 505. The molecule has 0 aromatic carbocycles. The molecule has 2 aromatic heterocycles. The topological polar surface area (TPSA) is 38.7 Å². The van der Waals surface area contributed by atoms with Crippen molar-refractivity contribution in [2.75, 3.05) is 6.26 Å². The summed E-state index contributed by atoms with van der Waals surface area (Å²) in [5.41, 5.74) is 0. The van der Waals surface area contributed by atoms with Gasteiger partial charge in [-0.3, -0.25) is 0 Å². The van der Waals surface area contributed by atoms with Gasteiger partial charge in [-0.25, -0.2) is 4.98 Å². The number of thioether (sulfide) groups is 1. The number of aromatic nitrogens is 3. The van der Waals surface area contributed by atoms with E-state index in [2.05, 4.69) is 31.1 Å². The van der Waals surface area contributed by atoms with Crippen LogP contribution in [0.15, 0.2) is 30.4 Å². The summed E-state index contributed by atoms with van der Waals surface area (Å²) in [5.74, 6) is 0. The Hall–Kier alpha value is 0.180. The highest BCUT2D eigenvalue weighted by atomic mass is 79.9. The molecule has 0 fully saturated rings. The lowest BCUT2D eigenvalue weighted by Gasteiger charge is -1.99. The molecule has 3 nitrogen and oxygen atoms in total. The van der Waals surface area contributed by atoms with Crippen LogP contribution in [-0.2, 0) is 0 Å². The monoisotopic (exact) mass is 353 g/mol. The van der Waals surface area contributed by atoms with Crippen molar-refractivity contribution < 1.29 is 0 Å². The van der Waals surface area contributed by atoms with Crippen LogP contribution >= 0.6 is 62.4 Å². The normalized spacial score (nSPS) is 10.7. The first kappa shape index (κ1) is 12.6. The first-order valence-corrected chi connectivity index (χ1v) is 8.08. The Morgan fingerprint density at radius 2 is 2.12 bits per heavy atom. The number of rotatable bonds is 3. The summed E-state index contributed by atoms with van der Waals surface area (Å²) in [6, 6.07) is 1.81. The number of hydrogen-bond acceptors (Lipinski definition) is 6. The molecule has 2 rings (SSSR count). The second-order valence-electron chi connectivity index (χ2n) is 2.58. The van der Waals surface area contributed by atoms with E-state index in [1.54, 1.807) is 18.0 Å². The Morgan fingerprint density at radius 3 is 2.75 bits per heavy atom. The molecule has 0 atom stereocenters. The van der Waals surface area contributed by atoms with Gasteiger partial charge in [0.05, 0.1) is 5.02 Å². The molecular weight excluding hydrogens is 350 g/mol. The van der Waals surface area contributed by atoms with Crippen LogP contribution in [0.2, 0.25) is 5.02 Å². The predicted molar refractivity (Wildman–Crippen MR) is 72.8 cm³/mol. The lowest BCUT2D eigenvalue weighted by Crippen LogP contribution is -1.81. The van der Waals surface area contributed by atoms with E-state index in [0.717, 1.165) is 18.2 Å². The molecule has 0 amide bonds. The molecule has 2 aromatic rings. The summed E-state index contributed by atoms with van der Waals surface area (Å²) in [5, 5.41) is 9.41. The fraction of sp³-hybridized carbons (Fsp3) is 0.125. The van der Waals surface area contributed by atoms with Crippen molar-refractivity contribution in [3.63, 3.8) is 0 Å². The lowest BCUT2D eigenvalue weighted by molar-refractivity contribution is 0.953. The zero-order valence-electron chi connectivity index (χ0n) is 7.98. The molecule has 0 saturated carbocycles. The maximum absolute atomic E-state index is 6.06. The quantitative estimate of drug-likeness (QED) is 0.772. The summed E-state index contributed by atoms with van der Waals surface area (Å²) >= 11 is 13.9. The zero-order chi connectivity index (χ0) is 11.5. The van der Waals surface area contributed by atoms with Crippen LogP contribution in [0.1, 0.15) is 0 Å². The molecule has 0 radical (unpaired) electrons. The van der Waals surface area contributed by atoms with Crippen LogP contribution in [0.25, 0.3) is 0 Å². The van der Waals surface area contributed by atoms with Gasteiger partial charge in [-0.15, -0.1) is 10.2 Å². The summed E-state index contributed by atoms with van der Waals surface area (Å²) in [7, 11) is 0. The van der Waals surface area contributed by atoms with Crippen LogP contribution < -0.4 is 0 Å². The molecule has 0 unspecified atom stereocenters. The van der Waals surface area contributed by atoms with Crippen molar-refractivity contribution in [2.24, 2.45) is 0 Å². The first-order chi connectivity index (χ1) is 7.69. The molecule has 0 N–H and O–H groups in total. The lowest BCUT2D eigenvalue weighted by atomic mass is 10.5. The minimum Gasteiger partial charge on any atom is -0.247 e. The molecular formula is C8H5BrClN3S3. The second kappa shape index (κ2) is 5.68. The third-order valence-electron chi connectivity index (χ3n) is 1.52. The number of hydrogen-bond donors (Lipinski definition) is 0. The SMILES string of the molecule is CSc1nnc(Sc2ncc(Br)cc2Cl)s1. The zero-order valence-corrected chi connectivity index (χ0v) is 12.8. The van der Waals surface area contributed by atoms with Crippen LogP contribution in [0, 0.1) is 0 Å². The molecule has 0 aliphatic carbocycles. The van der Waals surface area contributed by atoms with E-state index in [0.29, 0.717) is 5.02 Å². The van der Waals surface area contributed by atoms with Crippen LogP contribution in [0.4, 0.5) is 0 Å². The van der Waals surface area contributed by atoms with E-state index in [1.165, 1.54) is 23.1 Å². The van der Waals surface area contributed by atoms with Gasteiger partial charge in [0.1, 0.15) is 5.03 Å². The van der Waals surface area contributed by atoms with Crippen molar-refractivity contribution in [2.45, 2.75) is 13.7 Å². The van der Waals surface area contributed by atoms with E-state index >= 15 is 0 Å². The van der Waals surface area contributed by atoms with E-state index in [4.69, 9.17) is 11.6 Å². The van der Waals surface area contributed by atoms with Gasteiger partial charge in [-0.05, 0) is 40.0 Å². The minimum atomic E-state index is 0.611. The first-order valence-electron chi connectivity index (χ1n) is 4.05. The molecule has 2 heterocycles. The third kappa shape index (κ3) is 3.10. The van der Waals surface area contributed by atoms with Gasteiger partial charge in [0, 0.05) is 10.7 Å². The molecule has 16 heavy (non-hydrogen) atoms. The maximum atomic E-state index is 6.06. The van der Waals surface area contributed by atoms with E-state index in [9.17, 15) is 0 Å². The summed E-state index contributed by atoms with van der Waals surface area (Å²) in [6.45, 7) is 0. The van der Waals surface area contributed by atoms with Crippen molar-refractivity contribution in [1.82, 2.24) is 15.2 Å². The van der Waals surface area contributed by atoms with Gasteiger partial charge in [-0.1, -0.05) is 34.7 Å². The highest BCUT2D eigenvalue weighted by Gasteiger charge is 2.09. The fourth-order valence-corrected chi connectivity index (χ4v) is 3.94. The number of nitrogens with zero attached hydrogens (tertiary/aromatic N) is 3. The van der Waals surface area contributed by atoms with Gasteiger partial charge < -0.3 is 0 Å². The molecule has 0 aliphatic rings. The van der Waals surface area contributed by atoms with E-state index in [1.807, 2.05) is 12.3 Å². The van der Waals surface area contributed by atoms with Crippen LogP contribution in [-0.4, -0.2) is 21.4 Å². The Balaban J connectivity index is 2.20. The highest BCUT2D eigenvalue weighted by Crippen LogP contribution is 2.35. The maximum Gasteiger partial charge on any atom is 0.181 e. The largest absolute Gasteiger partial charge is 0.247 e. The van der Waals surface area contributed by atoms with Gasteiger partial charge in [0.25, 0.3) is 0 Å². The van der Waals surface area contributed by atoms with Crippen molar-refractivity contribution in [3.05, 3.63) is 21.8 Å². The Kier molecular flexibility index (Phi) is 4.48. The molecule has 0 aliphatic heterocycles. The fourth-order valence-electron chi connectivity index (χ4n) is 0.881. The predicted octanol–water partition coefficient (Wildman–Crippen LogP) is 4.22. The summed E-state index contributed by atoms with van der Waals surface area (Å²) in [6.07, 6.45) is 3.69. The van der Waals surface area contributed by atoms with Gasteiger partial charge in [0.2, 0.25) is 0 Å². The summed E-state index contributed by atoms with van der Waals surface area (Å²) in [4.78, 5) is 4.22. The van der Waals surface area contributed by atoms with Crippen molar-refractivity contribution >= 4 is 62.4 Å². The molecule has 0 spiro atoms. The standard InChI is InChI=1S/C8H5BrClN3S3/c1-14-7-12-13-8(16-7)15-6-5(10)2-4(9)3-11-6/h2-3H,1H3. The van der Waals surface area contributed by atoms with E-state index < -0.39 is 0 Å². The van der Waals surface area contributed by atoms with Crippen molar-refractivity contribution in [3.8, 4) is 0 Å². The molecule has 0 saturated heterocycles. The van der Waals surface area contributed by atoms with Gasteiger partial charge in [0.15, 0.2) is 8.68 Å². The molecule has 84 valence electrons. The van der Waals surface area contributed by atoms with Crippen LogP contribution in [0.5, 0.6) is 0 Å². The van der Waals surface area contributed by atoms with Crippen molar-refractivity contribution in [1.29, 1.82) is 0 Å². The average molecular weight is 355 g/mol. The average Bonchev–Trinajstić information content (AvgIpc) is 2.70. The second-order valence-corrected chi connectivity index (χ2v) is 7.17. The van der Waals surface area contributed by atoms with Gasteiger partial charge >= 0.3 is 0 Å². The summed E-state index contributed by atoms with van der Waals surface area (Å²) < 4.78 is 2.65. The van der Waals surface area contributed by atoms with E-state index in [-0.39, 0.29) is 0 Å². The molecule has 0 bridgehead atoms. The smallest absolute Gasteiger partial charge is 0.181 e. The Morgan fingerprint density at radius 1 is 1.38 bits per heavy atom. The van der Waals surface area contributed by atoms with Gasteiger partial charge in [-0.2, -0.15) is 0 Å². The number of halogens is 2. The Labute approximate surface area is 119 Å². The molecule has 8 heteroatoms. The third-order valence-corrected chi connectivity index (χ3v) is 5.32. The highest BCUT2D eigenvalue weighted by molar-refractivity contribution is 9.10. The minimum absolute atomic E-state index is 0.611.